The summed E-state index contributed by atoms with van der Waals surface area (Å²) in [5.74, 6) is -0.443. The zero-order valence-electron chi connectivity index (χ0n) is 23.3. The van der Waals surface area contributed by atoms with E-state index in [-0.39, 0.29) is 23.6 Å². The van der Waals surface area contributed by atoms with E-state index in [1.807, 2.05) is 30.3 Å². The number of aromatic nitrogens is 4. The highest BCUT2D eigenvalue weighted by Crippen LogP contribution is 2.37. The first-order valence-corrected chi connectivity index (χ1v) is 13.4. The van der Waals surface area contributed by atoms with E-state index >= 15 is 0 Å². The van der Waals surface area contributed by atoms with E-state index in [0.29, 0.717) is 33.5 Å². The van der Waals surface area contributed by atoms with Gasteiger partial charge in [0, 0.05) is 17.3 Å². The smallest absolute Gasteiger partial charge is 0.123 e. The van der Waals surface area contributed by atoms with Crippen molar-refractivity contribution in [2.45, 2.75) is 37.4 Å². The second-order valence-electron chi connectivity index (χ2n) is 9.98. The van der Waals surface area contributed by atoms with Crippen molar-refractivity contribution in [3.8, 4) is 18.2 Å². The SMILES string of the molecule is [2H][C@@](Nc1cc(C#N)c2ncc(C#N)c(N[C@H](CC#N)c3ccccc3)c2c1)(c1ccc(F)cc1)c1cn(C2CC2)nn1. The summed E-state index contributed by atoms with van der Waals surface area (Å²) >= 11 is 0. The van der Waals surface area contributed by atoms with Crippen molar-refractivity contribution in [1.29, 1.82) is 15.8 Å². The maximum atomic E-state index is 13.9. The van der Waals surface area contributed by atoms with Crippen LogP contribution in [-0.4, -0.2) is 20.0 Å². The van der Waals surface area contributed by atoms with Gasteiger partial charge in [0.05, 0.1) is 60.5 Å². The molecule has 0 unspecified atom stereocenters. The van der Waals surface area contributed by atoms with Crippen LogP contribution in [0.5, 0.6) is 0 Å². The van der Waals surface area contributed by atoms with Crippen LogP contribution in [0, 0.1) is 39.8 Å². The van der Waals surface area contributed by atoms with Gasteiger partial charge in [0.15, 0.2) is 0 Å². The predicted molar refractivity (Wildman–Crippen MR) is 154 cm³/mol. The molecule has 6 rings (SSSR count). The Morgan fingerprint density at radius 2 is 1.74 bits per heavy atom. The Balaban J connectivity index is 1.49. The average molecular weight is 555 g/mol. The van der Waals surface area contributed by atoms with Gasteiger partial charge in [0.25, 0.3) is 0 Å². The third kappa shape index (κ3) is 5.32. The van der Waals surface area contributed by atoms with Crippen LogP contribution >= 0.6 is 0 Å². The minimum absolute atomic E-state index is 0.124. The predicted octanol–water partition coefficient (Wildman–Crippen LogP) is 6.31. The lowest BCUT2D eigenvalue weighted by molar-refractivity contribution is 0.610. The van der Waals surface area contributed by atoms with Gasteiger partial charge in [-0.1, -0.05) is 47.7 Å². The summed E-state index contributed by atoms with van der Waals surface area (Å²) in [6, 6.07) is 22.9. The maximum Gasteiger partial charge on any atom is 0.123 e. The highest BCUT2D eigenvalue weighted by atomic mass is 19.1. The van der Waals surface area contributed by atoms with Crippen LogP contribution in [0.3, 0.4) is 0 Å². The molecular weight excluding hydrogens is 529 g/mol. The Morgan fingerprint density at radius 3 is 2.43 bits per heavy atom. The standard InChI is InChI=1S/C32H24FN9/c33-24-8-6-21(7-9-24)32(29-19-42(41-40-29)26-10-11-26)38-25-14-22(16-35)30-27(15-25)31(23(17-36)18-37-30)39-28(12-13-34)20-4-2-1-3-5-20/h1-9,14-15,18-19,26,28,32,38H,10-12H2,(H,37,39)/t28-,32-/m1/s1/i32D. The van der Waals surface area contributed by atoms with Gasteiger partial charge in [-0.05, 0) is 48.2 Å². The fraction of sp³-hybridized carbons (Fsp3) is 0.188. The third-order valence-electron chi connectivity index (χ3n) is 7.12. The van der Waals surface area contributed by atoms with E-state index in [4.69, 9.17) is 0 Å². The Kier molecular flexibility index (Phi) is 6.82. The molecule has 204 valence electrons. The molecule has 1 fully saturated rings. The van der Waals surface area contributed by atoms with Gasteiger partial charge in [0.2, 0.25) is 0 Å². The number of nitrogens with one attached hydrogen (secondary N) is 2. The number of benzene rings is 3. The number of hydrogen-bond acceptors (Lipinski definition) is 8. The Morgan fingerprint density at radius 1 is 0.976 bits per heavy atom. The second kappa shape index (κ2) is 11.4. The van der Waals surface area contributed by atoms with Gasteiger partial charge in [0.1, 0.15) is 23.6 Å². The first kappa shape index (κ1) is 25.2. The summed E-state index contributed by atoms with van der Waals surface area (Å²) in [5, 5.41) is 45.2. The molecule has 1 aliphatic rings. The maximum absolute atomic E-state index is 13.9. The monoisotopic (exact) mass is 554 g/mol. The Hall–Kier alpha value is -5.79. The lowest BCUT2D eigenvalue weighted by Crippen LogP contribution is -2.14. The highest BCUT2D eigenvalue weighted by molar-refractivity contribution is 5.99. The number of pyridine rings is 1. The van der Waals surface area contributed by atoms with E-state index in [9.17, 15) is 21.5 Å². The number of nitriles is 3. The van der Waals surface area contributed by atoms with Crippen molar-refractivity contribution in [2.24, 2.45) is 0 Å². The highest BCUT2D eigenvalue weighted by Gasteiger charge is 2.27. The van der Waals surface area contributed by atoms with Crippen molar-refractivity contribution >= 4 is 22.3 Å². The van der Waals surface area contributed by atoms with Gasteiger partial charge < -0.3 is 10.6 Å². The summed E-state index contributed by atoms with van der Waals surface area (Å²) < 4.78 is 25.2. The minimum Gasteiger partial charge on any atom is -0.376 e. The molecule has 2 heterocycles. The zero-order chi connectivity index (χ0) is 30.0. The van der Waals surface area contributed by atoms with E-state index in [2.05, 4.69) is 44.1 Å². The van der Waals surface area contributed by atoms with Crippen LogP contribution in [0.4, 0.5) is 15.8 Å². The van der Waals surface area contributed by atoms with Crippen molar-refractivity contribution in [3.05, 3.63) is 113 Å². The van der Waals surface area contributed by atoms with E-state index in [0.717, 1.165) is 18.4 Å². The van der Waals surface area contributed by atoms with E-state index in [1.165, 1.54) is 30.5 Å². The molecule has 2 aromatic heterocycles. The van der Waals surface area contributed by atoms with Crippen molar-refractivity contribution in [3.63, 3.8) is 0 Å². The summed E-state index contributed by atoms with van der Waals surface area (Å²) in [4.78, 5) is 4.41. The largest absolute Gasteiger partial charge is 0.376 e. The normalized spacial score (nSPS) is 15.0. The molecule has 0 spiro atoms. The molecule has 0 bridgehead atoms. The number of anilines is 2. The van der Waals surface area contributed by atoms with Gasteiger partial charge >= 0.3 is 0 Å². The molecule has 0 aliphatic heterocycles. The summed E-state index contributed by atoms with van der Waals surface area (Å²) in [6.07, 6.45) is 5.19. The number of nitrogens with zero attached hydrogens (tertiary/aromatic N) is 7. The number of rotatable bonds is 9. The van der Waals surface area contributed by atoms with Crippen LogP contribution in [0.2, 0.25) is 0 Å². The summed E-state index contributed by atoms with van der Waals surface area (Å²) in [7, 11) is 0. The molecule has 9 nitrogen and oxygen atoms in total. The Bertz CT molecular complexity index is 1930. The van der Waals surface area contributed by atoms with Crippen LogP contribution in [0.1, 0.15) is 66.7 Å². The molecule has 5 aromatic rings. The van der Waals surface area contributed by atoms with Gasteiger partial charge in [-0.3, -0.25) is 4.98 Å². The van der Waals surface area contributed by atoms with Crippen molar-refractivity contribution in [1.82, 2.24) is 20.0 Å². The van der Waals surface area contributed by atoms with Crippen LogP contribution in [0.15, 0.2) is 79.1 Å². The Labute approximate surface area is 242 Å². The number of halogens is 1. The van der Waals surface area contributed by atoms with Crippen LogP contribution < -0.4 is 10.6 Å². The molecule has 0 amide bonds. The molecule has 1 aliphatic carbocycles. The lowest BCUT2D eigenvalue weighted by Gasteiger charge is -2.22. The number of hydrogen-bond donors (Lipinski definition) is 2. The quantitative estimate of drug-likeness (QED) is 0.216. The van der Waals surface area contributed by atoms with Gasteiger partial charge in [-0.25, -0.2) is 9.07 Å². The molecule has 1 saturated carbocycles. The second-order valence-corrected chi connectivity index (χ2v) is 9.98. The van der Waals surface area contributed by atoms with Crippen LogP contribution in [0.25, 0.3) is 10.9 Å². The van der Waals surface area contributed by atoms with E-state index in [1.54, 1.807) is 23.0 Å². The molecule has 42 heavy (non-hydrogen) atoms. The molecule has 0 saturated heterocycles. The summed E-state index contributed by atoms with van der Waals surface area (Å²) in [5.41, 5.74) is 3.15. The molecule has 0 radical (unpaired) electrons. The topological polar surface area (TPSA) is 139 Å². The molecule has 10 heteroatoms. The lowest BCUT2D eigenvalue weighted by atomic mass is 10.00. The fourth-order valence-corrected chi connectivity index (χ4v) is 4.86. The zero-order valence-corrected chi connectivity index (χ0v) is 22.3. The van der Waals surface area contributed by atoms with Crippen molar-refractivity contribution < 1.29 is 5.76 Å². The van der Waals surface area contributed by atoms with Gasteiger partial charge in [-0.2, -0.15) is 15.8 Å². The number of fused-ring (bicyclic) bond motifs is 1. The molecule has 2 atom stereocenters. The summed E-state index contributed by atoms with van der Waals surface area (Å²) in [6.45, 7) is 0. The average Bonchev–Trinajstić information content (AvgIpc) is 3.76. The first-order chi connectivity index (χ1) is 20.9. The van der Waals surface area contributed by atoms with Gasteiger partial charge in [-0.15, -0.1) is 5.10 Å². The van der Waals surface area contributed by atoms with Crippen LogP contribution in [-0.2, 0) is 0 Å². The van der Waals surface area contributed by atoms with Crippen molar-refractivity contribution in [2.75, 3.05) is 10.6 Å². The van der Waals surface area contributed by atoms with E-state index < -0.39 is 17.9 Å². The molecule has 3 aromatic carbocycles. The first-order valence-electron chi connectivity index (χ1n) is 13.9. The minimum atomic E-state index is -1.71. The fourth-order valence-electron chi connectivity index (χ4n) is 4.86. The molecule has 2 N–H and O–H groups in total. The third-order valence-corrected chi connectivity index (χ3v) is 7.12. The molecular formula is C32H24FN9.